The number of anilines is 2. The molecular formula is C19H22N2O4S. The van der Waals surface area contributed by atoms with E-state index in [1.165, 1.54) is 4.90 Å². The molecule has 0 unspecified atom stereocenters. The number of carbonyl (C=O) groups excluding carboxylic acids is 1. The van der Waals surface area contributed by atoms with Gasteiger partial charge in [-0.25, -0.2) is 8.42 Å². The Labute approximate surface area is 153 Å². The molecule has 0 radical (unpaired) electrons. The van der Waals surface area contributed by atoms with Crippen LogP contribution >= 0.6 is 0 Å². The maximum atomic E-state index is 12.6. The second kappa shape index (κ2) is 6.32. The van der Waals surface area contributed by atoms with Crippen LogP contribution in [0.4, 0.5) is 11.4 Å². The largest absolute Gasteiger partial charge is 0.490 e. The van der Waals surface area contributed by atoms with Crippen LogP contribution in [0.15, 0.2) is 47.4 Å². The SMILES string of the molecule is Cc1cccc(S(=O)(=O)Nc2ccc3c(c2)N(C)C(=O)C(C)(C)CO3)c1. The number of rotatable bonds is 3. The first-order valence-electron chi connectivity index (χ1n) is 8.25. The average Bonchev–Trinajstić information content (AvgIpc) is 2.66. The van der Waals surface area contributed by atoms with Crippen molar-refractivity contribution in [1.29, 1.82) is 0 Å². The van der Waals surface area contributed by atoms with Crippen molar-refractivity contribution in [2.24, 2.45) is 5.41 Å². The van der Waals surface area contributed by atoms with E-state index in [-0.39, 0.29) is 17.4 Å². The van der Waals surface area contributed by atoms with Crippen molar-refractivity contribution in [3.8, 4) is 5.75 Å². The minimum atomic E-state index is -3.72. The summed E-state index contributed by atoms with van der Waals surface area (Å²) in [7, 11) is -2.06. The number of carbonyl (C=O) groups is 1. The fourth-order valence-corrected chi connectivity index (χ4v) is 4.00. The first-order chi connectivity index (χ1) is 12.1. The number of amides is 1. The molecule has 0 fully saturated rings. The summed E-state index contributed by atoms with van der Waals surface area (Å²) in [6, 6.07) is 11.6. The molecule has 6 nitrogen and oxygen atoms in total. The Balaban J connectivity index is 1.95. The van der Waals surface area contributed by atoms with E-state index < -0.39 is 15.4 Å². The minimum absolute atomic E-state index is 0.0880. The van der Waals surface area contributed by atoms with Crippen molar-refractivity contribution in [2.75, 3.05) is 23.3 Å². The quantitative estimate of drug-likeness (QED) is 0.895. The third-order valence-electron chi connectivity index (χ3n) is 4.34. The van der Waals surface area contributed by atoms with E-state index in [0.717, 1.165) is 5.56 Å². The number of fused-ring (bicyclic) bond motifs is 1. The van der Waals surface area contributed by atoms with Crippen LogP contribution in [-0.2, 0) is 14.8 Å². The van der Waals surface area contributed by atoms with Gasteiger partial charge in [0.05, 0.1) is 21.7 Å². The highest BCUT2D eigenvalue weighted by Gasteiger charge is 2.36. The number of aryl methyl sites for hydroxylation is 1. The highest BCUT2D eigenvalue weighted by atomic mass is 32.2. The molecule has 0 aromatic heterocycles. The second-order valence-corrected chi connectivity index (χ2v) is 8.82. The summed E-state index contributed by atoms with van der Waals surface area (Å²) >= 11 is 0. The zero-order chi connectivity index (χ0) is 19.1. The molecule has 138 valence electrons. The Morgan fingerprint density at radius 3 is 2.58 bits per heavy atom. The van der Waals surface area contributed by atoms with Crippen molar-refractivity contribution in [3.63, 3.8) is 0 Å². The minimum Gasteiger partial charge on any atom is -0.490 e. The number of ether oxygens (including phenoxy) is 1. The molecule has 0 aliphatic carbocycles. The lowest BCUT2D eigenvalue weighted by molar-refractivity contribution is -0.127. The maximum absolute atomic E-state index is 12.6. The predicted octanol–water partition coefficient (Wildman–Crippen LogP) is 3.18. The van der Waals surface area contributed by atoms with Crippen LogP contribution in [0.3, 0.4) is 0 Å². The molecule has 0 saturated heterocycles. The molecule has 0 atom stereocenters. The normalized spacial score (nSPS) is 16.5. The van der Waals surface area contributed by atoms with E-state index in [1.807, 2.05) is 26.8 Å². The molecule has 1 aliphatic heterocycles. The molecule has 1 aliphatic rings. The van der Waals surface area contributed by atoms with Crippen LogP contribution < -0.4 is 14.4 Å². The van der Waals surface area contributed by atoms with Crippen molar-refractivity contribution in [2.45, 2.75) is 25.7 Å². The standard InChI is InChI=1S/C19H22N2O4S/c1-13-6-5-7-15(10-13)26(23,24)20-14-8-9-17-16(11-14)21(4)18(22)19(2,3)12-25-17/h5-11,20H,12H2,1-4H3. The fourth-order valence-electron chi connectivity index (χ4n) is 2.84. The number of nitrogens with zero attached hydrogens (tertiary/aromatic N) is 1. The third-order valence-corrected chi connectivity index (χ3v) is 5.72. The summed E-state index contributed by atoms with van der Waals surface area (Å²) in [4.78, 5) is 14.3. The van der Waals surface area contributed by atoms with E-state index >= 15 is 0 Å². The summed E-state index contributed by atoms with van der Waals surface area (Å²) in [5, 5.41) is 0. The summed E-state index contributed by atoms with van der Waals surface area (Å²) in [5.41, 5.74) is 1.10. The smallest absolute Gasteiger partial charge is 0.261 e. The van der Waals surface area contributed by atoms with Gasteiger partial charge in [-0.15, -0.1) is 0 Å². The van der Waals surface area contributed by atoms with Crippen LogP contribution in [-0.4, -0.2) is 28.0 Å². The van der Waals surface area contributed by atoms with Gasteiger partial charge in [-0.3, -0.25) is 9.52 Å². The molecule has 1 amide bonds. The van der Waals surface area contributed by atoms with Crippen LogP contribution in [0, 0.1) is 12.3 Å². The molecule has 0 bridgehead atoms. The molecule has 3 rings (SSSR count). The lowest BCUT2D eigenvalue weighted by atomic mass is 9.93. The molecule has 1 heterocycles. The Bertz CT molecular complexity index is 967. The Kier molecular flexibility index (Phi) is 4.44. The van der Waals surface area contributed by atoms with Gasteiger partial charge in [-0.2, -0.15) is 0 Å². The molecule has 1 N–H and O–H groups in total. The van der Waals surface area contributed by atoms with E-state index in [1.54, 1.807) is 43.4 Å². The van der Waals surface area contributed by atoms with Crippen LogP contribution in [0.1, 0.15) is 19.4 Å². The van der Waals surface area contributed by atoms with Crippen molar-refractivity contribution in [1.82, 2.24) is 0 Å². The summed E-state index contributed by atoms with van der Waals surface area (Å²) in [5.74, 6) is 0.458. The maximum Gasteiger partial charge on any atom is 0.261 e. The molecule has 0 spiro atoms. The van der Waals surface area contributed by atoms with Gasteiger partial charge in [-0.1, -0.05) is 12.1 Å². The molecule has 0 saturated carbocycles. The molecule has 2 aromatic carbocycles. The molecular weight excluding hydrogens is 352 g/mol. The van der Waals surface area contributed by atoms with Gasteiger partial charge < -0.3 is 9.64 Å². The fraction of sp³-hybridized carbons (Fsp3) is 0.316. The van der Waals surface area contributed by atoms with E-state index in [4.69, 9.17) is 4.74 Å². The zero-order valence-electron chi connectivity index (χ0n) is 15.2. The number of sulfonamides is 1. The lowest BCUT2D eigenvalue weighted by Crippen LogP contribution is -2.39. The van der Waals surface area contributed by atoms with Gasteiger partial charge in [0.25, 0.3) is 10.0 Å². The van der Waals surface area contributed by atoms with Gasteiger partial charge in [0.15, 0.2) is 0 Å². The number of hydrogen-bond donors (Lipinski definition) is 1. The van der Waals surface area contributed by atoms with Crippen molar-refractivity contribution in [3.05, 3.63) is 48.0 Å². The topological polar surface area (TPSA) is 75.7 Å². The number of nitrogens with one attached hydrogen (secondary N) is 1. The average molecular weight is 374 g/mol. The number of benzene rings is 2. The Hall–Kier alpha value is -2.54. The van der Waals surface area contributed by atoms with E-state index in [9.17, 15) is 13.2 Å². The van der Waals surface area contributed by atoms with Crippen LogP contribution in [0.25, 0.3) is 0 Å². The summed E-state index contributed by atoms with van der Waals surface area (Å²) in [6.07, 6.45) is 0. The zero-order valence-corrected chi connectivity index (χ0v) is 16.1. The monoisotopic (exact) mass is 374 g/mol. The van der Waals surface area contributed by atoms with Gasteiger partial charge >= 0.3 is 0 Å². The van der Waals surface area contributed by atoms with Crippen molar-refractivity contribution < 1.29 is 17.9 Å². The van der Waals surface area contributed by atoms with E-state index in [2.05, 4.69) is 4.72 Å². The lowest BCUT2D eigenvalue weighted by Gasteiger charge is -2.24. The Morgan fingerprint density at radius 1 is 1.15 bits per heavy atom. The molecule has 7 heteroatoms. The first kappa shape index (κ1) is 18.3. The van der Waals surface area contributed by atoms with Crippen molar-refractivity contribution >= 4 is 27.3 Å². The van der Waals surface area contributed by atoms with Gasteiger partial charge in [0.1, 0.15) is 12.4 Å². The number of hydrogen-bond acceptors (Lipinski definition) is 4. The van der Waals surface area contributed by atoms with Gasteiger partial charge in [0, 0.05) is 7.05 Å². The predicted molar refractivity (Wildman–Crippen MR) is 101 cm³/mol. The second-order valence-electron chi connectivity index (χ2n) is 7.14. The van der Waals surface area contributed by atoms with E-state index in [0.29, 0.717) is 17.1 Å². The van der Waals surface area contributed by atoms with Crippen LogP contribution in [0.5, 0.6) is 5.75 Å². The van der Waals surface area contributed by atoms with Gasteiger partial charge in [-0.05, 0) is 56.7 Å². The van der Waals surface area contributed by atoms with Crippen LogP contribution in [0.2, 0.25) is 0 Å². The highest BCUT2D eigenvalue weighted by Crippen LogP contribution is 2.37. The summed E-state index contributed by atoms with van der Waals surface area (Å²) in [6.45, 7) is 5.73. The molecule has 26 heavy (non-hydrogen) atoms. The third kappa shape index (κ3) is 3.39. The molecule has 2 aromatic rings. The first-order valence-corrected chi connectivity index (χ1v) is 9.73. The highest BCUT2D eigenvalue weighted by molar-refractivity contribution is 7.92. The Morgan fingerprint density at radius 2 is 1.88 bits per heavy atom. The van der Waals surface area contributed by atoms with Gasteiger partial charge in [0.2, 0.25) is 5.91 Å². The summed E-state index contributed by atoms with van der Waals surface area (Å²) < 4.78 is 33.5.